The van der Waals surface area contributed by atoms with Crippen LogP contribution in [-0.4, -0.2) is 31.4 Å². The van der Waals surface area contributed by atoms with Gasteiger partial charge in [-0.15, -0.1) is 14.8 Å². The second-order valence-electron chi connectivity index (χ2n) is 4.13. The van der Waals surface area contributed by atoms with E-state index in [0.717, 1.165) is 10.8 Å². The van der Waals surface area contributed by atoms with Crippen molar-refractivity contribution in [3.8, 4) is 5.88 Å². The van der Waals surface area contributed by atoms with Gasteiger partial charge >= 0.3 is 0 Å². The summed E-state index contributed by atoms with van der Waals surface area (Å²) >= 11 is 6.21. The molecule has 0 spiro atoms. The van der Waals surface area contributed by atoms with Crippen molar-refractivity contribution in [2.75, 3.05) is 0 Å². The van der Waals surface area contributed by atoms with E-state index in [0.29, 0.717) is 16.5 Å². The third-order valence-corrected chi connectivity index (χ3v) is 2.77. The van der Waals surface area contributed by atoms with Gasteiger partial charge in [0.25, 0.3) is 0 Å². The van der Waals surface area contributed by atoms with Crippen LogP contribution in [0.2, 0.25) is 5.02 Å². The van der Waals surface area contributed by atoms with E-state index in [1.54, 1.807) is 6.07 Å². The number of hydrogen-bond donors (Lipinski definition) is 0. The van der Waals surface area contributed by atoms with Crippen molar-refractivity contribution in [1.82, 2.24) is 25.3 Å². The van der Waals surface area contributed by atoms with Gasteiger partial charge in [-0.2, -0.15) is 0 Å². The second kappa shape index (κ2) is 4.06. The van der Waals surface area contributed by atoms with Crippen LogP contribution in [0.25, 0.3) is 16.4 Å². The van der Waals surface area contributed by atoms with Gasteiger partial charge in [-0.1, -0.05) is 17.7 Å². The quantitative estimate of drug-likeness (QED) is 0.708. The Hall–Kier alpha value is -1.95. The van der Waals surface area contributed by atoms with Crippen molar-refractivity contribution in [1.29, 1.82) is 0 Å². The van der Waals surface area contributed by atoms with Crippen LogP contribution < -0.4 is 4.74 Å². The molecule has 0 N–H and O–H groups in total. The monoisotopic (exact) mass is 263 g/mol. The van der Waals surface area contributed by atoms with Gasteiger partial charge in [0.2, 0.25) is 11.5 Å². The maximum atomic E-state index is 6.21. The largest absolute Gasteiger partial charge is 0.473 e. The van der Waals surface area contributed by atoms with E-state index in [2.05, 4.69) is 20.6 Å². The Balaban J connectivity index is 2.42. The fourth-order valence-electron chi connectivity index (χ4n) is 1.78. The van der Waals surface area contributed by atoms with E-state index in [4.69, 9.17) is 16.3 Å². The SMILES string of the molecule is CC(C)Oc1nn2nnnc2c2c(Cl)cccc12. The zero-order valence-electron chi connectivity index (χ0n) is 9.83. The molecule has 0 saturated heterocycles. The van der Waals surface area contributed by atoms with Gasteiger partial charge in [0, 0.05) is 0 Å². The van der Waals surface area contributed by atoms with E-state index < -0.39 is 0 Å². The van der Waals surface area contributed by atoms with E-state index in [-0.39, 0.29) is 6.10 Å². The first kappa shape index (κ1) is 11.2. The summed E-state index contributed by atoms with van der Waals surface area (Å²) in [6, 6.07) is 5.53. The minimum Gasteiger partial charge on any atom is -0.473 e. The molecule has 6 nitrogen and oxygen atoms in total. The van der Waals surface area contributed by atoms with E-state index >= 15 is 0 Å². The molecule has 0 aliphatic rings. The van der Waals surface area contributed by atoms with Crippen LogP contribution in [-0.2, 0) is 0 Å². The minimum atomic E-state index is 0.00797. The Morgan fingerprint density at radius 1 is 1.33 bits per heavy atom. The molecule has 0 bridgehead atoms. The van der Waals surface area contributed by atoms with Gasteiger partial charge in [-0.05, 0) is 36.4 Å². The van der Waals surface area contributed by atoms with E-state index in [1.165, 1.54) is 4.63 Å². The summed E-state index contributed by atoms with van der Waals surface area (Å²) in [5.41, 5.74) is 0.520. The zero-order chi connectivity index (χ0) is 12.7. The van der Waals surface area contributed by atoms with Crippen molar-refractivity contribution >= 4 is 28.0 Å². The Morgan fingerprint density at radius 3 is 2.94 bits per heavy atom. The molecule has 7 heteroatoms. The van der Waals surface area contributed by atoms with Crippen molar-refractivity contribution in [3.05, 3.63) is 23.2 Å². The molecule has 92 valence electrons. The number of hydrogen-bond acceptors (Lipinski definition) is 5. The molecule has 0 amide bonds. The maximum absolute atomic E-state index is 6.21. The molecule has 1 aromatic carbocycles. The fourth-order valence-corrected chi connectivity index (χ4v) is 2.04. The molecule has 0 aliphatic carbocycles. The van der Waals surface area contributed by atoms with Crippen LogP contribution in [0.3, 0.4) is 0 Å². The summed E-state index contributed by atoms with van der Waals surface area (Å²) < 4.78 is 7.00. The van der Waals surface area contributed by atoms with Gasteiger partial charge in [0.15, 0.2) is 0 Å². The van der Waals surface area contributed by atoms with Gasteiger partial charge < -0.3 is 4.74 Å². The third-order valence-electron chi connectivity index (χ3n) is 2.45. The lowest BCUT2D eigenvalue weighted by atomic mass is 10.2. The van der Waals surface area contributed by atoms with Crippen LogP contribution in [0.4, 0.5) is 0 Å². The molecule has 2 aromatic heterocycles. The molecule has 3 aromatic rings. The summed E-state index contributed by atoms with van der Waals surface area (Å²) in [6.45, 7) is 3.86. The topological polar surface area (TPSA) is 65.2 Å². The number of rotatable bonds is 2. The predicted molar refractivity (Wildman–Crippen MR) is 66.9 cm³/mol. The summed E-state index contributed by atoms with van der Waals surface area (Å²) in [4.78, 5) is 0. The maximum Gasteiger partial charge on any atom is 0.241 e. The molecule has 2 heterocycles. The average Bonchev–Trinajstić information content (AvgIpc) is 2.76. The lowest BCUT2D eigenvalue weighted by Gasteiger charge is -2.11. The highest BCUT2D eigenvalue weighted by Crippen LogP contribution is 2.31. The molecular formula is C11H10ClN5O. The average molecular weight is 264 g/mol. The van der Waals surface area contributed by atoms with Gasteiger partial charge in [-0.25, -0.2) is 0 Å². The standard InChI is InChI=1S/C11H10ClN5O/c1-6(2)18-11-7-4-3-5-8(12)9(7)10-13-15-16-17(10)14-11/h3-6H,1-2H3. The van der Waals surface area contributed by atoms with Crippen LogP contribution in [0.15, 0.2) is 18.2 Å². The summed E-state index contributed by atoms with van der Waals surface area (Å²) in [5.74, 6) is 0.474. The lowest BCUT2D eigenvalue weighted by molar-refractivity contribution is 0.232. The number of ether oxygens (including phenoxy) is 1. The molecule has 18 heavy (non-hydrogen) atoms. The van der Waals surface area contributed by atoms with E-state index in [1.807, 2.05) is 26.0 Å². The molecule has 0 atom stereocenters. The number of fused-ring (bicyclic) bond motifs is 3. The Kier molecular flexibility index (Phi) is 2.52. The number of aromatic nitrogens is 5. The van der Waals surface area contributed by atoms with Gasteiger partial charge in [0.05, 0.1) is 21.9 Å². The van der Waals surface area contributed by atoms with Crippen molar-refractivity contribution in [2.45, 2.75) is 20.0 Å². The van der Waals surface area contributed by atoms with Crippen molar-refractivity contribution < 1.29 is 4.74 Å². The fraction of sp³-hybridized carbons (Fsp3) is 0.273. The van der Waals surface area contributed by atoms with Crippen LogP contribution in [0, 0.1) is 0 Å². The number of halogens is 1. The minimum absolute atomic E-state index is 0.00797. The number of benzene rings is 1. The highest BCUT2D eigenvalue weighted by Gasteiger charge is 2.15. The third kappa shape index (κ3) is 1.65. The molecule has 3 rings (SSSR count). The molecule has 0 radical (unpaired) electrons. The molecule has 0 unspecified atom stereocenters. The number of nitrogens with zero attached hydrogens (tertiary/aromatic N) is 5. The van der Waals surface area contributed by atoms with Gasteiger partial charge in [0.1, 0.15) is 0 Å². The van der Waals surface area contributed by atoms with Crippen LogP contribution in [0.1, 0.15) is 13.8 Å². The van der Waals surface area contributed by atoms with Crippen molar-refractivity contribution in [2.24, 2.45) is 0 Å². The smallest absolute Gasteiger partial charge is 0.241 e. The highest BCUT2D eigenvalue weighted by molar-refractivity contribution is 6.36. The normalized spacial score (nSPS) is 11.6. The lowest BCUT2D eigenvalue weighted by Crippen LogP contribution is -2.09. The first-order valence-electron chi connectivity index (χ1n) is 5.50. The molecule has 0 saturated carbocycles. The Bertz CT molecular complexity index is 724. The summed E-state index contributed by atoms with van der Waals surface area (Å²) in [6.07, 6.45) is 0.00797. The molecule has 0 aliphatic heterocycles. The van der Waals surface area contributed by atoms with Gasteiger partial charge in [-0.3, -0.25) is 0 Å². The molecule has 0 fully saturated rings. The second-order valence-corrected chi connectivity index (χ2v) is 4.53. The van der Waals surface area contributed by atoms with E-state index in [9.17, 15) is 0 Å². The van der Waals surface area contributed by atoms with Crippen LogP contribution >= 0.6 is 11.6 Å². The number of tetrazole rings is 1. The highest BCUT2D eigenvalue weighted by atomic mass is 35.5. The first-order chi connectivity index (χ1) is 8.66. The zero-order valence-corrected chi connectivity index (χ0v) is 10.6. The van der Waals surface area contributed by atoms with Crippen molar-refractivity contribution in [3.63, 3.8) is 0 Å². The molecular weight excluding hydrogens is 254 g/mol. The summed E-state index contributed by atoms with van der Waals surface area (Å²) in [5, 5.41) is 17.7. The first-order valence-corrected chi connectivity index (χ1v) is 5.88. The predicted octanol–water partition coefficient (Wildman–Crippen LogP) is 2.11. The Morgan fingerprint density at radius 2 is 2.17 bits per heavy atom. The Labute approximate surface area is 107 Å². The summed E-state index contributed by atoms with van der Waals surface area (Å²) in [7, 11) is 0. The van der Waals surface area contributed by atoms with Crippen LogP contribution in [0.5, 0.6) is 5.88 Å².